The Morgan fingerprint density at radius 1 is 1.52 bits per heavy atom. The van der Waals surface area contributed by atoms with E-state index in [2.05, 4.69) is 31.4 Å². The molecule has 1 atom stereocenters. The number of amides is 1. The predicted octanol–water partition coefficient (Wildman–Crippen LogP) is 3.49. The minimum Gasteiger partial charge on any atom is -0.470 e. The van der Waals surface area contributed by atoms with Gasteiger partial charge in [-0.05, 0) is 60.3 Å². The van der Waals surface area contributed by atoms with Crippen molar-refractivity contribution in [1.82, 2.24) is 10.3 Å². The van der Waals surface area contributed by atoms with Crippen LogP contribution in [0.1, 0.15) is 13.8 Å². The fourth-order valence-electron chi connectivity index (χ4n) is 2.13. The van der Waals surface area contributed by atoms with Gasteiger partial charge in [0, 0.05) is 16.1 Å². The van der Waals surface area contributed by atoms with Crippen LogP contribution in [0.3, 0.4) is 0 Å². The van der Waals surface area contributed by atoms with Crippen molar-refractivity contribution in [3.8, 4) is 11.8 Å². The Hall–Kier alpha value is -2.31. The van der Waals surface area contributed by atoms with Crippen molar-refractivity contribution >= 4 is 50.7 Å². The average Bonchev–Trinajstić information content (AvgIpc) is 2.62. The van der Waals surface area contributed by atoms with Crippen LogP contribution in [0.4, 0.5) is 0 Å². The lowest BCUT2D eigenvalue weighted by molar-refractivity contribution is -0.125. The highest BCUT2D eigenvalue weighted by molar-refractivity contribution is 9.10. The number of halogens is 1. The summed E-state index contributed by atoms with van der Waals surface area (Å²) in [5.74, 6) is 0.271. The highest BCUT2D eigenvalue weighted by atomic mass is 79.9. The number of carbonyl (C=O) groups excluding carboxylic acids is 1. The number of nitrogens with zero attached hydrogens (tertiary/aromatic N) is 3. The van der Waals surface area contributed by atoms with E-state index >= 15 is 0 Å². The lowest BCUT2D eigenvalue weighted by Gasteiger charge is -2.24. The number of aromatic nitrogens is 1. The molecule has 0 fully saturated rings. The van der Waals surface area contributed by atoms with Crippen molar-refractivity contribution in [3.05, 3.63) is 34.9 Å². The first-order valence-corrected chi connectivity index (χ1v) is 10.0. The van der Waals surface area contributed by atoms with E-state index in [4.69, 9.17) is 14.8 Å². The topological polar surface area (TPSA) is 96.6 Å². The second kappa shape index (κ2) is 9.58. The molecule has 0 spiro atoms. The fraction of sp³-hybridized carbons (Fsp3) is 0.333. The summed E-state index contributed by atoms with van der Waals surface area (Å²) in [6.45, 7) is 3.38. The van der Waals surface area contributed by atoms with Gasteiger partial charge in [0.05, 0.1) is 17.3 Å². The molecule has 1 N–H and O–H groups in total. The number of nitrogens with one attached hydrogen (secondary N) is 1. The molecule has 2 rings (SSSR count). The zero-order valence-corrected chi connectivity index (χ0v) is 17.5. The van der Waals surface area contributed by atoms with Gasteiger partial charge in [-0.1, -0.05) is 5.16 Å². The second-order valence-electron chi connectivity index (χ2n) is 6.07. The van der Waals surface area contributed by atoms with Crippen LogP contribution in [0.25, 0.3) is 10.9 Å². The van der Waals surface area contributed by atoms with Crippen molar-refractivity contribution in [2.75, 3.05) is 12.9 Å². The van der Waals surface area contributed by atoms with Crippen LogP contribution in [0, 0.1) is 11.3 Å². The number of pyridine rings is 1. The van der Waals surface area contributed by atoms with Crippen molar-refractivity contribution in [3.63, 3.8) is 0 Å². The molecule has 0 aliphatic carbocycles. The van der Waals surface area contributed by atoms with Crippen molar-refractivity contribution in [2.45, 2.75) is 24.8 Å². The van der Waals surface area contributed by atoms with E-state index in [-0.39, 0.29) is 12.5 Å². The van der Waals surface area contributed by atoms with E-state index in [0.717, 1.165) is 15.4 Å². The summed E-state index contributed by atoms with van der Waals surface area (Å²) in [5, 5.41) is 15.8. The molecule has 1 aromatic heterocycles. The van der Waals surface area contributed by atoms with Crippen LogP contribution >= 0.6 is 27.7 Å². The smallest absolute Gasteiger partial charge is 0.272 e. The van der Waals surface area contributed by atoms with Gasteiger partial charge in [-0.3, -0.25) is 9.78 Å². The maximum atomic E-state index is 12.6. The van der Waals surface area contributed by atoms with Crippen molar-refractivity contribution in [2.24, 2.45) is 5.16 Å². The number of hydrogen-bond donors (Lipinski definition) is 1. The zero-order valence-electron chi connectivity index (χ0n) is 15.1. The standard InChI is InChI=1S/C18H19BrN4O3S/c1-18(2,11-22-25-7-6-20)23-16(24)17(27-3)26-14-4-5-15-12(9-14)8-13(19)10-21-15/h4-5,8-11,17H,7H2,1-3H3,(H,23,24). The van der Waals surface area contributed by atoms with E-state index in [1.807, 2.05) is 24.3 Å². The summed E-state index contributed by atoms with van der Waals surface area (Å²) in [7, 11) is 0. The summed E-state index contributed by atoms with van der Waals surface area (Å²) in [5.41, 5.74) is -0.664. The third-order valence-electron chi connectivity index (χ3n) is 3.32. The fourth-order valence-corrected chi connectivity index (χ4v) is 2.96. The Bertz CT molecular complexity index is 883. The van der Waals surface area contributed by atoms with Gasteiger partial charge < -0.3 is 14.9 Å². The maximum absolute atomic E-state index is 12.6. The molecular formula is C18H19BrN4O3S. The highest BCUT2D eigenvalue weighted by Crippen LogP contribution is 2.24. The van der Waals surface area contributed by atoms with Gasteiger partial charge >= 0.3 is 0 Å². The summed E-state index contributed by atoms with van der Waals surface area (Å²) in [4.78, 5) is 21.6. The third-order valence-corrected chi connectivity index (χ3v) is 4.49. The molecule has 0 saturated carbocycles. The van der Waals surface area contributed by atoms with Gasteiger partial charge in [-0.2, -0.15) is 5.26 Å². The Balaban J connectivity index is 2.06. The third kappa shape index (κ3) is 6.41. The van der Waals surface area contributed by atoms with Crippen LogP contribution < -0.4 is 10.1 Å². The zero-order chi connectivity index (χ0) is 19.9. The first-order chi connectivity index (χ1) is 12.8. The minimum atomic E-state index is -0.762. The number of carbonyl (C=O) groups is 1. The Labute approximate surface area is 170 Å². The first kappa shape index (κ1) is 21.0. The molecule has 0 aliphatic heterocycles. The van der Waals surface area contributed by atoms with Gasteiger partial charge in [0.25, 0.3) is 5.91 Å². The van der Waals surface area contributed by atoms with E-state index < -0.39 is 11.0 Å². The molecule has 1 unspecified atom stereocenters. The monoisotopic (exact) mass is 450 g/mol. The van der Waals surface area contributed by atoms with Crippen LogP contribution in [0.2, 0.25) is 0 Å². The Kier molecular flexibility index (Phi) is 7.45. The number of hydrogen-bond acceptors (Lipinski definition) is 7. The van der Waals surface area contributed by atoms with E-state index in [0.29, 0.717) is 5.75 Å². The number of thioether (sulfide) groups is 1. The maximum Gasteiger partial charge on any atom is 0.272 e. The summed E-state index contributed by atoms with van der Waals surface area (Å²) >= 11 is 4.67. The highest BCUT2D eigenvalue weighted by Gasteiger charge is 2.26. The molecule has 142 valence electrons. The average molecular weight is 451 g/mol. The van der Waals surface area contributed by atoms with Gasteiger partial charge in [-0.15, -0.1) is 11.8 Å². The number of benzene rings is 1. The molecule has 1 aromatic carbocycles. The molecule has 0 radical (unpaired) electrons. The van der Waals surface area contributed by atoms with Crippen molar-refractivity contribution in [1.29, 1.82) is 5.26 Å². The molecule has 27 heavy (non-hydrogen) atoms. The molecule has 0 aliphatic rings. The molecule has 1 amide bonds. The van der Waals surface area contributed by atoms with E-state index in [1.54, 1.807) is 32.4 Å². The van der Waals surface area contributed by atoms with Gasteiger partial charge in [0.1, 0.15) is 11.8 Å². The summed E-state index contributed by atoms with van der Waals surface area (Å²) in [6, 6.07) is 9.21. The Morgan fingerprint density at radius 2 is 2.30 bits per heavy atom. The molecule has 9 heteroatoms. The molecule has 0 bridgehead atoms. The van der Waals surface area contributed by atoms with E-state index in [9.17, 15) is 4.79 Å². The number of ether oxygens (including phenoxy) is 1. The normalized spacial score (nSPS) is 12.6. The Morgan fingerprint density at radius 3 is 3.00 bits per heavy atom. The van der Waals surface area contributed by atoms with Gasteiger partial charge in [0.15, 0.2) is 0 Å². The lowest BCUT2D eigenvalue weighted by Crippen LogP contribution is -2.49. The quantitative estimate of drug-likeness (QED) is 0.286. The number of oxime groups is 1. The largest absolute Gasteiger partial charge is 0.470 e. The van der Waals surface area contributed by atoms with Crippen LogP contribution in [0.15, 0.2) is 40.1 Å². The lowest BCUT2D eigenvalue weighted by atomic mass is 10.1. The number of nitriles is 1. The molecule has 1 heterocycles. The first-order valence-electron chi connectivity index (χ1n) is 7.95. The number of rotatable bonds is 8. The molecule has 0 saturated heterocycles. The van der Waals surface area contributed by atoms with Crippen LogP contribution in [0.5, 0.6) is 5.75 Å². The van der Waals surface area contributed by atoms with E-state index in [1.165, 1.54) is 18.0 Å². The molecule has 2 aromatic rings. The second-order valence-corrected chi connectivity index (χ2v) is 7.89. The summed E-state index contributed by atoms with van der Waals surface area (Å²) < 4.78 is 6.72. The molecule has 7 nitrogen and oxygen atoms in total. The van der Waals surface area contributed by atoms with Gasteiger partial charge in [-0.25, -0.2) is 0 Å². The summed E-state index contributed by atoms with van der Waals surface area (Å²) in [6.07, 6.45) is 4.95. The van der Waals surface area contributed by atoms with Gasteiger partial charge in [0.2, 0.25) is 12.0 Å². The van der Waals surface area contributed by atoms with Crippen LogP contribution in [-0.4, -0.2) is 40.9 Å². The van der Waals surface area contributed by atoms with Crippen LogP contribution in [-0.2, 0) is 9.63 Å². The molecular weight excluding hydrogens is 432 g/mol. The SMILES string of the molecule is CSC(Oc1ccc2ncc(Br)cc2c1)C(=O)NC(C)(C)C=NOCC#N. The number of fused-ring (bicyclic) bond motifs is 1. The predicted molar refractivity (Wildman–Crippen MR) is 110 cm³/mol. The minimum absolute atomic E-state index is 0.149. The van der Waals surface area contributed by atoms with Crippen molar-refractivity contribution < 1.29 is 14.4 Å².